The van der Waals surface area contributed by atoms with Gasteiger partial charge in [-0.15, -0.1) is 0 Å². The Kier molecular flexibility index (Phi) is 5.43. The molecule has 1 aliphatic heterocycles. The predicted octanol–water partition coefficient (Wildman–Crippen LogP) is 4.66. The number of carbonyl (C=O) groups is 1. The van der Waals surface area contributed by atoms with Crippen LogP contribution in [0.3, 0.4) is 0 Å². The van der Waals surface area contributed by atoms with E-state index in [4.69, 9.17) is 9.47 Å². The first-order valence-electron chi connectivity index (χ1n) is 9.37. The molecule has 2 heterocycles. The molecule has 0 unspecified atom stereocenters. The summed E-state index contributed by atoms with van der Waals surface area (Å²) in [7, 11) is 0. The zero-order chi connectivity index (χ0) is 19.5. The summed E-state index contributed by atoms with van der Waals surface area (Å²) in [5, 5.41) is 0.821. The lowest BCUT2D eigenvalue weighted by Crippen LogP contribution is -2.53. The van der Waals surface area contributed by atoms with Gasteiger partial charge in [-0.1, -0.05) is 24.7 Å². The Labute approximate surface area is 166 Å². The molecule has 5 nitrogen and oxygen atoms in total. The lowest BCUT2D eigenvalue weighted by molar-refractivity contribution is 0.0234. The summed E-state index contributed by atoms with van der Waals surface area (Å²) >= 11 is 1.44. The number of thiazole rings is 1. The molecule has 2 aromatic carbocycles. The molecule has 146 valence electrons. The van der Waals surface area contributed by atoms with Crippen LogP contribution in [0.15, 0.2) is 42.5 Å². The molecule has 0 radical (unpaired) electrons. The number of halogens is 1. The highest BCUT2D eigenvalue weighted by molar-refractivity contribution is 7.22. The fourth-order valence-corrected chi connectivity index (χ4v) is 3.94. The van der Waals surface area contributed by atoms with E-state index in [0.717, 1.165) is 33.9 Å². The van der Waals surface area contributed by atoms with Crippen LogP contribution in [-0.2, 0) is 4.74 Å². The number of hydrogen-bond acceptors (Lipinski definition) is 6. The summed E-state index contributed by atoms with van der Waals surface area (Å²) in [4.78, 5) is 18.8. The number of anilines is 1. The molecule has 1 aliphatic rings. The molecule has 28 heavy (non-hydrogen) atoms. The maximum Gasteiger partial charge on any atom is 0.338 e. The zero-order valence-corrected chi connectivity index (χ0v) is 16.4. The molecule has 4 rings (SSSR count). The summed E-state index contributed by atoms with van der Waals surface area (Å²) in [6.45, 7) is 3.97. The van der Waals surface area contributed by atoms with Gasteiger partial charge in [0.05, 0.1) is 35.5 Å². The van der Waals surface area contributed by atoms with Crippen LogP contribution in [-0.4, -0.2) is 36.8 Å². The first-order valence-corrected chi connectivity index (χ1v) is 10.2. The predicted molar refractivity (Wildman–Crippen MR) is 108 cm³/mol. The van der Waals surface area contributed by atoms with Gasteiger partial charge in [0.15, 0.2) is 5.13 Å². The molecule has 7 heteroatoms. The largest absolute Gasteiger partial charge is 0.494 e. The third kappa shape index (κ3) is 4.09. The fraction of sp³-hybridized carbons (Fsp3) is 0.333. The second-order valence-corrected chi connectivity index (χ2v) is 7.78. The Morgan fingerprint density at radius 2 is 2.04 bits per heavy atom. The van der Waals surface area contributed by atoms with E-state index in [1.54, 1.807) is 30.3 Å². The topological polar surface area (TPSA) is 51.7 Å². The van der Waals surface area contributed by atoms with E-state index in [-0.39, 0.29) is 17.9 Å². The molecule has 0 amide bonds. The van der Waals surface area contributed by atoms with Gasteiger partial charge in [-0.05, 0) is 48.9 Å². The molecule has 1 saturated heterocycles. The molecule has 0 N–H and O–H groups in total. The highest BCUT2D eigenvalue weighted by atomic mass is 32.1. The van der Waals surface area contributed by atoms with Crippen molar-refractivity contribution in [3.8, 4) is 5.75 Å². The van der Waals surface area contributed by atoms with Crippen LogP contribution < -0.4 is 9.64 Å². The third-order valence-electron chi connectivity index (χ3n) is 4.59. The number of nitrogens with zero attached hydrogens (tertiary/aromatic N) is 2. The smallest absolute Gasteiger partial charge is 0.338 e. The quantitative estimate of drug-likeness (QED) is 0.426. The van der Waals surface area contributed by atoms with Crippen molar-refractivity contribution < 1.29 is 18.7 Å². The van der Waals surface area contributed by atoms with Crippen molar-refractivity contribution in [1.82, 2.24) is 4.98 Å². The Balaban J connectivity index is 1.29. The van der Waals surface area contributed by atoms with Crippen LogP contribution in [0.25, 0.3) is 10.2 Å². The Hall–Kier alpha value is -2.67. The Bertz CT molecular complexity index is 967. The Morgan fingerprint density at radius 3 is 2.79 bits per heavy atom. The van der Waals surface area contributed by atoms with E-state index in [9.17, 15) is 9.18 Å². The van der Waals surface area contributed by atoms with Crippen LogP contribution in [0.2, 0.25) is 0 Å². The third-order valence-corrected chi connectivity index (χ3v) is 5.67. The van der Waals surface area contributed by atoms with E-state index in [2.05, 4.69) is 11.9 Å². The first kappa shape index (κ1) is 18.7. The molecule has 0 saturated carbocycles. The van der Waals surface area contributed by atoms with E-state index >= 15 is 0 Å². The molecule has 3 aromatic rings. The summed E-state index contributed by atoms with van der Waals surface area (Å²) in [6.07, 6.45) is 1.92. The lowest BCUT2D eigenvalue weighted by Gasteiger charge is -2.38. The van der Waals surface area contributed by atoms with Gasteiger partial charge in [0.2, 0.25) is 0 Å². The van der Waals surface area contributed by atoms with E-state index in [0.29, 0.717) is 25.3 Å². The average Bonchev–Trinajstić information content (AvgIpc) is 3.07. The summed E-state index contributed by atoms with van der Waals surface area (Å²) < 4.78 is 25.3. The van der Waals surface area contributed by atoms with Crippen LogP contribution in [0, 0.1) is 5.82 Å². The standard InChI is InChI=1S/C21H21FN2O3S/c1-2-3-10-26-16-7-4-14(5-8-16)20(25)27-17-12-24(13-17)21-23-18-9-6-15(22)11-19(18)28-21/h4-9,11,17H,2-3,10,12-13H2,1H3. The maximum atomic E-state index is 13.3. The van der Waals surface area contributed by atoms with Crippen molar-refractivity contribution in [1.29, 1.82) is 0 Å². The van der Waals surface area contributed by atoms with Gasteiger partial charge in [0.1, 0.15) is 17.7 Å². The van der Waals surface area contributed by atoms with Gasteiger partial charge in [-0.2, -0.15) is 0 Å². The number of ether oxygens (including phenoxy) is 2. The monoisotopic (exact) mass is 400 g/mol. The molecule has 0 atom stereocenters. The minimum absolute atomic E-state index is 0.170. The minimum atomic E-state index is -0.337. The van der Waals surface area contributed by atoms with Gasteiger partial charge < -0.3 is 14.4 Å². The number of aromatic nitrogens is 1. The minimum Gasteiger partial charge on any atom is -0.494 e. The maximum absolute atomic E-state index is 13.3. The van der Waals surface area contributed by atoms with Crippen molar-refractivity contribution in [2.45, 2.75) is 25.9 Å². The number of fused-ring (bicyclic) bond motifs is 1. The van der Waals surface area contributed by atoms with E-state index in [1.807, 2.05) is 4.90 Å². The van der Waals surface area contributed by atoms with Gasteiger partial charge in [-0.3, -0.25) is 0 Å². The van der Waals surface area contributed by atoms with Crippen molar-refractivity contribution >= 4 is 32.7 Å². The van der Waals surface area contributed by atoms with E-state index in [1.165, 1.54) is 23.5 Å². The van der Waals surface area contributed by atoms with Crippen LogP contribution in [0.1, 0.15) is 30.1 Å². The van der Waals surface area contributed by atoms with Gasteiger partial charge >= 0.3 is 5.97 Å². The van der Waals surface area contributed by atoms with Gasteiger partial charge in [0, 0.05) is 0 Å². The van der Waals surface area contributed by atoms with Crippen molar-refractivity contribution in [3.63, 3.8) is 0 Å². The fourth-order valence-electron chi connectivity index (χ4n) is 2.93. The molecule has 1 fully saturated rings. The molecule has 1 aromatic heterocycles. The summed E-state index contributed by atoms with van der Waals surface area (Å²) in [5.74, 6) is 0.156. The van der Waals surface area contributed by atoms with Gasteiger partial charge in [-0.25, -0.2) is 14.2 Å². The molecular formula is C21H21FN2O3S. The van der Waals surface area contributed by atoms with Crippen LogP contribution in [0.5, 0.6) is 5.75 Å². The molecule has 0 spiro atoms. The van der Waals surface area contributed by atoms with Crippen molar-refractivity contribution in [2.75, 3.05) is 24.6 Å². The average molecular weight is 400 g/mol. The van der Waals surface area contributed by atoms with Crippen LogP contribution >= 0.6 is 11.3 Å². The second-order valence-electron chi connectivity index (χ2n) is 6.77. The number of rotatable bonds is 7. The van der Waals surface area contributed by atoms with Crippen LogP contribution in [0.4, 0.5) is 9.52 Å². The zero-order valence-electron chi connectivity index (χ0n) is 15.6. The first-order chi connectivity index (χ1) is 13.6. The van der Waals surface area contributed by atoms with Gasteiger partial charge in [0.25, 0.3) is 0 Å². The number of benzene rings is 2. The second kappa shape index (κ2) is 8.14. The Morgan fingerprint density at radius 1 is 1.25 bits per heavy atom. The number of esters is 1. The lowest BCUT2D eigenvalue weighted by atomic mass is 10.1. The molecule has 0 bridgehead atoms. The van der Waals surface area contributed by atoms with Crippen molar-refractivity contribution in [3.05, 3.63) is 53.8 Å². The summed E-state index contributed by atoms with van der Waals surface area (Å²) in [5.41, 5.74) is 1.29. The summed E-state index contributed by atoms with van der Waals surface area (Å²) in [6, 6.07) is 11.6. The highest BCUT2D eigenvalue weighted by Gasteiger charge is 2.32. The molecule has 0 aliphatic carbocycles. The molecular weight excluding hydrogens is 379 g/mol. The van der Waals surface area contributed by atoms with Crippen molar-refractivity contribution in [2.24, 2.45) is 0 Å². The number of unbranched alkanes of at least 4 members (excludes halogenated alkanes) is 1. The number of hydrogen-bond donors (Lipinski definition) is 0. The highest BCUT2D eigenvalue weighted by Crippen LogP contribution is 2.32. The van der Waals surface area contributed by atoms with E-state index < -0.39 is 0 Å². The SMILES string of the molecule is CCCCOc1ccc(C(=O)OC2CN(c3nc4ccc(F)cc4s3)C2)cc1. The normalized spacial score (nSPS) is 14.1. The number of carbonyl (C=O) groups excluding carboxylic acids is 1.